The number of hydrogen-bond acceptors (Lipinski definition) is 3. The average molecular weight is 453 g/mol. The summed E-state index contributed by atoms with van der Waals surface area (Å²) in [4.78, 5) is 25.2. The van der Waals surface area contributed by atoms with Crippen LogP contribution in [-0.4, -0.2) is 28.1 Å². The highest BCUT2D eigenvalue weighted by atomic mass is 79.9. The van der Waals surface area contributed by atoms with Gasteiger partial charge in [0.1, 0.15) is 11.7 Å². The summed E-state index contributed by atoms with van der Waals surface area (Å²) in [5.74, 6) is -0.547. The minimum absolute atomic E-state index is 0.213. The van der Waals surface area contributed by atoms with Crippen LogP contribution < -0.4 is 10.6 Å². The van der Waals surface area contributed by atoms with Crippen molar-refractivity contribution >= 4 is 33.4 Å². The number of aromatic amines is 1. The summed E-state index contributed by atoms with van der Waals surface area (Å²) in [7, 11) is 0. The molecule has 1 aromatic heterocycles. The number of nitrogens with zero attached hydrogens (tertiary/aromatic N) is 1. The van der Waals surface area contributed by atoms with E-state index in [1.807, 2.05) is 25.1 Å². The van der Waals surface area contributed by atoms with E-state index < -0.39 is 6.04 Å². The lowest BCUT2D eigenvalue weighted by atomic mass is 10.1. The van der Waals surface area contributed by atoms with E-state index in [2.05, 4.69) is 61.0 Å². The van der Waals surface area contributed by atoms with Gasteiger partial charge in [0.25, 0.3) is 5.91 Å². The van der Waals surface area contributed by atoms with Gasteiger partial charge in [0, 0.05) is 16.6 Å². The van der Waals surface area contributed by atoms with E-state index in [-0.39, 0.29) is 11.8 Å². The predicted octanol–water partition coefficient (Wildman–Crippen LogP) is 3.75. The van der Waals surface area contributed by atoms with E-state index in [1.165, 1.54) is 5.56 Å². The molecule has 1 atom stereocenters. The van der Waals surface area contributed by atoms with Gasteiger partial charge in [0.15, 0.2) is 0 Å². The highest BCUT2D eigenvalue weighted by Crippen LogP contribution is 2.26. The largest absolute Gasteiger partial charge is 0.339 e. The van der Waals surface area contributed by atoms with Crippen molar-refractivity contribution in [1.29, 1.82) is 0 Å². The summed E-state index contributed by atoms with van der Waals surface area (Å²) in [6.45, 7) is 2.04. The monoisotopic (exact) mass is 452 g/mol. The maximum Gasteiger partial charge on any atom is 0.269 e. The maximum atomic E-state index is 12.6. The van der Waals surface area contributed by atoms with Crippen LogP contribution in [0, 0.1) is 6.92 Å². The molecule has 0 bridgehead atoms. The standard InChI is InChI=1S/C22H21BrN4O2/c1-13-2-4-14(5-3-13)10-17-12-20(27-26-17)22(29)24-18-9-7-15-6-8-16(23)11-19(15)25-21(18)28/h2-6,8,11-12,18H,7,9-10H2,1H3,(H,24,29)(H,25,28)(H,26,27). The zero-order chi connectivity index (χ0) is 20.4. The van der Waals surface area contributed by atoms with Crippen LogP contribution in [0.4, 0.5) is 5.69 Å². The molecule has 3 N–H and O–H groups in total. The van der Waals surface area contributed by atoms with Gasteiger partial charge in [-0.25, -0.2) is 0 Å². The molecule has 2 aromatic carbocycles. The topological polar surface area (TPSA) is 86.9 Å². The summed E-state index contributed by atoms with van der Waals surface area (Å²) in [6.07, 6.45) is 1.88. The Labute approximate surface area is 177 Å². The summed E-state index contributed by atoms with van der Waals surface area (Å²) >= 11 is 3.42. The van der Waals surface area contributed by atoms with E-state index in [4.69, 9.17) is 0 Å². The molecule has 3 aromatic rings. The fourth-order valence-corrected chi connectivity index (χ4v) is 3.75. The lowest BCUT2D eigenvalue weighted by Crippen LogP contribution is -2.43. The summed E-state index contributed by atoms with van der Waals surface area (Å²) in [5.41, 5.74) is 5.29. The predicted molar refractivity (Wildman–Crippen MR) is 115 cm³/mol. The first-order valence-corrected chi connectivity index (χ1v) is 10.3. The van der Waals surface area contributed by atoms with Crippen LogP contribution in [0.3, 0.4) is 0 Å². The molecule has 0 aliphatic carbocycles. The van der Waals surface area contributed by atoms with E-state index in [9.17, 15) is 9.59 Å². The molecule has 0 spiro atoms. The number of rotatable bonds is 4. The van der Waals surface area contributed by atoms with Gasteiger partial charge in [-0.3, -0.25) is 14.7 Å². The number of nitrogens with one attached hydrogen (secondary N) is 3. The molecular weight excluding hydrogens is 432 g/mol. The van der Waals surface area contributed by atoms with Gasteiger partial charge in [-0.1, -0.05) is 51.8 Å². The number of halogens is 1. The van der Waals surface area contributed by atoms with Crippen LogP contribution >= 0.6 is 15.9 Å². The molecule has 1 aliphatic rings. The van der Waals surface area contributed by atoms with E-state index in [1.54, 1.807) is 6.07 Å². The number of benzene rings is 2. The Morgan fingerprint density at radius 1 is 1.21 bits per heavy atom. The third kappa shape index (κ3) is 4.56. The number of carbonyl (C=O) groups is 2. The number of aryl methyl sites for hydroxylation is 2. The fraction of sp³-hybridized carbons (Fsp3) is 0.227. The molecule has 0 fully saturated rings. The highest BCUT2D eigenvalue weighted by molar-refractivity contribution is 9.10. The number of amides is 2. The minimum Gasteiger partial charge on any atom is -0.339 e. The third-order valence-electron chi connectivity index (χ3n) is 5.04. The molecule has 6 nitrogen and oxygen atoms in total. The van der Waals surface area contributed by atoms with Crippen molar-refractivity contribution in [3.63, 3.8) is 0 Å². The summed E-state index contributed by atoms with van der Waals surface area (Å²) < 4.78 is 0.901. The first kappa shape index (κ1) is 19.4. The Bertz CT molecular complexity index is 1060. The highest BCUT2D eigenvalue weighted by Gasteiger charge is 2.26. The summed E-state index contributed by atoms with van der Waals surface area (Å²) in [5, 5.41) is 12.7. The lowest BCUT2D eigenvalue weighted by Gasteiger charge is -2.14. The second-order valence-electron chi connectivity index (χ2n) is 7.29. The molecule has 4 rings (SSSR count). The number of aromatic nitrogens is 2. The molecule has 1 aliphatic heterocycles. The quantitative estimate of drug-likeness (QED) is 0.563. The van der Waals surface area contributed by atoms with Crippen molar-refractivity contribution in [2.24, 2.45) is 0 Å². The molecule has 2 amide bonds. The van der Waals surface area contributed by atoms with Crippen LogP contribution in [-0.2, 0) is 17.6 Å². The van der Waals surface area contributed by atoms with Gasteiger partial charge < -0.3 is 10.6 Å². The maximum absolute atomic E-state index is 12.6. The van der Waals surface area contributed by atoms with Crippen LogP contribution in [0.5, 0.6) is 0 Å². The van der Waals surface area contributed by atoms with E-state index >= 15 is 0 Å². The number of H-pyrrole nitrogens is 1. The van der Waals surface area contributed by atoms with Crippen LogP contribution in [0.15, 0.2) is 53.0 Å². The second kappa shape index (κ2) is 8.21. The molecule has 0 saturated heterocycles. The molecule has 2 heterocycles. The van der Waals surface area contributed by atoms with Gasteiger partial charge >= 0.3 is 0 Å². The smallest absolute Gasteiger partial charge is 0.269 e. The van der Waals surface area contributed by atoms with Crippen LogP contribution in [0.25, 0.3) is 0 Å². The zero-order valence-corrected chi connectivity index (χ0v) is 17.5. The van der Waals surface area contributed by atoms with Crippen LogP contribution in [0.2, 0.25) is 0 Å². The fourth-order valence-electron chi connectivity index (χ4n) is 3.39. The first-order chi connectivity index (χ1) is 14.0. The lowest BCUT2D eigenvalue weighted by molar-refractivity contribution is -0.118. The average Bonchev–Trinajstić information content (AvgIpc) is 3.10. The third-order valence-corrected chi connectivity index (χ3v) is 5.53. The van der Waals surface area contributed by atoms with Gasteiger partial charge in [0.2, 0.25) is 5.91 Å². The second-order valence-corrected chi connectivity index (χ2v) is 8.21. The number of carbonyl (C=O) groups excluding carboxylic acids is 2. The van der Waals surface area contributed by atoms with Crippen molar-refractivity contribution in [3.05, 3.63) is 81.1 Å². The van der Waals surface area contributed by atoms with E-state index in [0.29, 0.717) is 25.0 Å². The number of hydrogen-bond donors (Lipinski definition) is 3. The van der Waals surface area contributed by atoms with Crippen molar-refractivity contribution in [2.75, 3.05) is 5.32 Å². The normalized spacial score (nSPS) is 15.9. The van der Waals surface area contributed by atoms with Crippen LogP contribution in [0.1, 0.15) is 39.3 Å². The van der Waals surface area contributed by atoms with Crippen molar-refractivity contribution in [3.8, 4) is 0 Å². The van der Waals surface area contributed by atoms with Gasteiger partial charge in [-0.15, -0.1) is 0 Å². The molecule has 1 unspecified atom stereocenters. The Morgan fingerprint density at radius 2 is 2.00 bits per heavy atom. The molecule has 0 saturated carbocycles. The molecule has 29 heavy (non-hydrogen) atoms. The first-order valence-electron chi connectivity index (χ1n) is 9.48. The Balaban J connectivity index is 1.41. The number of fused-ring (bicyclic) bond motifs is 1. The SMILES string of the molecule is Cc1ccc(Cc2cc(C(=O)NC3CCc4ccc(Br)cc4NC3=O)[nH]n2)cc1. The molecule has 0 radical (unpaired) electrons. The Hall–Kier alpha value is -2.93. The number of anilines is 1. The van der Waals surface area contributed by atoms with E-state index in [0.717, 1.165) is 27.0 Å². The Morgan fingerprint density at radius 3 is 2.79 bits per heavy atom. The summed E-state index contributed by atoms with van der Waals surface area (Å²) in [6, 6.07) is 15.1. The van der Waals surface area contributed by atoms with Crippen molar-refractivity contribution < 1.29 is 9.59 Å². The Kier molecular flexibility index (Phi) is 5.49. The van der Waals surface area contributed by atoms with Crippen molar-refractivity contribution in [1.82, 2.24) is 15.5 Å². The van der Waals surface area contributed by atoms with Crippen molar-refractivity contribution in [2.45, 2.75) is 32.2 Å². The van der Waals surface area contributed by atoms with Gasteiger partial charge in [0.05, 0.1) is 5.69 Å². The molecular formula is C22H21BrN4O2. The molecule has 148 valence electrons. The van der Waals surface area contributed by atoms with Gasteiger partial charge in [-0.2, -0.15) is 5.10 Å². The zero-order valence-electron chi connectivity index (χ0n) is 16.0. The molecule has 7 heteroatoms. The van der Waals surface area contributed by atoms with Gasteiger partial charge in [-0.05, 0) is 49.1 Å². The minimum atomic E-state index is -0.600.